The Balaban J connectivity index is 1.75. The average Bonchev–Trinajstić information content (AvgIpc) is 2.96. The number of thiocarbonyl (C=S) groups is 1. The van der Waals surface area contributed by atoms with E-state index in [9.17, 15) is 5.26 Å². The predicted octanol–water partition coefficient (Wildman–Crippen LogP) is 2.57. The number of aromatic nitrogens is 1. The van der Waals surface area contributed by atoms with Gasteiger partial charge in [-0.15, -0.1) is 0 Å². The molecule has 0 radical (unpaired) electrons. The van der Waals surface area contributed by atoms with Gasteiger partial charge in [-0.2, -0.15) is 5.26 Å². The number of fused-ring (bicyclic) bond motifs is 1. The van der Waals surface area contributed by atoms with Gasteiger partial charge < -0.3 is 15.0 Å². The zero-order valence-corrected chi connectivity index (χ0v) is 18.4. The fourth-order valence-corrected chi connectivity index (χ4v) is 4.18. The van der Waals surface area contributed by atoms with Crippen LogP contribution in [0.25, 0.3) is 10.9 Å². The second-order valence-corrected chi connectivity index (χ2v) is 7.98. The van der Waals surface area contributed by atoms with Crippen molar-refractivity contribution in [3.63, 3.8) is 0 Å². The van der Waals surface area contributed by atoms with Crippen LogP contribution in [0.5, 0.6) is 0 Å². The molecule has 2 aromatic rings. The molecule has 29 heavy (non-hydrogen) atoms. The van der Waals surface area contributed by atoms with Gasteiger partial charge in [-0.25, -0.2) is 4.98 Å². The summed E-state index contributed by atoms with van der Waals surface area (Å²) in [7, 11) is 1.71. The highest BCUT2D eigenvalue weighted by Gasteiger charge is 2.26. The maximum Gasteiger partial charge on any atom is 0.293 e. The number of aromatic amines is 1. The summed E-state index contributed by atoms with van der Waals surface area (Å²) in [4.78, 5) is 8.06. The van der Waals surface area contributed by atoms with Gasteiger partial charge >= 0.3 is 0 Å². The van der Waals surface area contributed by atoms with Crippen molar-refractivity contribution in [1.82, 2.24) is 10.2 Å². The van der Waals surface area contributed by atoms with Crippen molar-refractivity contribution in [2.75, 3.05) is 51.3 Å². The molecule has 7 heteroatoms. The quantitative estimate of drug-likeness (QED) is 0.601. The van der Waals surface area contributed by atoms with Crippen LogP contribution in [0.3, 0.4) is 0 Å². The first-order valence-corrected chi connectivity index (χ1v) is 10.6. The molecule has 6 nitrogen and oxygen atoms in total. The molecule has 1 aliphatic rings. The molecule has 0 unspecified atom stereocenters. The van der Waals surface area contributed by atoms with Crippen LogP contribution < -0.4 is 15.2 Å². The lowest BCUT2D eigenvalue weighted by molar-refractivity contribution is -0.331. The molecule has 2 N–H and O–H groups in total. The van der Waals surface area contributed by atoms with Gasteiger partial charge in [0.05, 0.1) is 13.1 Å². The van der Waals surface area contributed by atoms with Gasteiger partial charge in [0.15, 0.2) is 5.11 Å². The molecule has 2 heterocycles. The third-order valence-electron chi connectivity index (χ3n) is 5.33. The number of aryl methyl sites for hydroxylation is 2. The van der Waals surface area contributed by atoms with E-state index < -0.39 is 0 Å². The third kappa shape index (κ3) is 5.14. The van der Waals surface area contributed by atoms with E-state index in [0.717, 1.165) is 74.0 Å². The largest absolute Gasteiger partial charge is 0.385 e. The Bertz CT molecular complexity index is 924. The van der Waals surface area contributed by atoms with Crippen molar-refractivity contribution in [3.8, 4) is 6.07 Å². The van der Waals surface area contributed by atoms with Crippen molar-refractivity contribution in [2.24, 2.45) is 0 Å². The second-order valence-electron chi connectivity index (χ2n) is 7.60. The summed E-state index contributed by atoms with van der Waals surface area (Å²) in [5, 5.41) is 15.0. The molecule has 1 fully saturated rings. The van der Waals surface area contributed by atoms with E-state index >= 15 is 0 Å². The molecule has 0 spiro atoms. The smallest absolute Gasteiger partial charge is 0.293 e. The zero-order valence-electron chi connectivity index (χ0n) is 17.5. The fourth-order valence-electron chi connectivity index (χ4n) is 3.90. The number of hydrogen-bond donors (Lipinski definition) is 1. The molecule has 0 amide bonds. The van der Waals surface area contributed by atoms with E-state index in [0.29, 0.717) is 5.56 Å². The van der Waals surface area contributed by atoms with Gasteiger partial charge in [0.2, 0.25) is 0 Å². The van der Waals surface area contributed by atoms with Crippen LogP contribution in [0.15, 0.2) is 18.2 Å². The van der Waals surface area contributed by atoms with Gasteiger partial charge in [-0.05, 0) is 55.7 Å². The molecule has 154 valence electrons. The minimum atomic E-state index is 0.691. The van der Waals surface area contributed by atoms with E-state index in [1.165, 1.54) is 11.1 Å². The minimum absolute atomic E-state index is 0.691. The fraction of sp³-hybridized carbons (Fsp3) is 0.500. The van der Waals surface area contributed by atoms with Crippen LogP contribution in [0.1, 0.15) is 29.5 Å². The number of rotatable bonds is 5. The minimum Gasteiger partial charge on any atom is -0.385 e. The maximum absolute atomic E-state index is 9.75. The highest BCUT2D eigenvalue weighted by atomic mass is 32.1. The lowest BCUT2D eigenvalue weighted by Crippen LogP contribution is -2.42. The van der Waals surface area contributed by atoms with Gasteiger partial charge in [0.25, 0.3) is 5.82 Å². The average molecular weight is 413 g/mol. The number of benzene rings is 1. The Morgan fingerprint density at radius 2 is 2.07 bits per heavy atom. The molecule has 1 saturated heterocycles. The Labute approximate surface area is 178 Å². The lowest BCUT2D eigenvalue weighted by Gasteiger charge is -2.23. The normalized spacial score (nSPS) is 14.6. The van der Waals surface area contributed by atoms with Crippen LogP contribution in [0, 0.1) is 25.2 Å². The summed E-state index contributed by atoms with van der Waals surface area (Å²) in [6.45, 7) is 9.22. The highest BCUT2D eigenvalue weighted by molar-refractivity contribution is 7.80. The number of methoxy groups -OCH3 is 1. The number of H-pyrrole nitrogens is 1. The Hall–Kier alpha value is -2.43. The van der Waals surface area contributed by atoms with Crippen LogP contribution in [-0.4, -0.2) is 56.5 Å². The highest BCUT2D eigenvalue weighted by Crippen LogP contribution is 2.23. The van der Waals surface area contributed by atoms with E-state index in [2.05, 4.69) is 52.2 Å². The number of hydrogen-bond acceptors (Lipinski definition) is 4. The Kier molecular flexibility index (Phi) is 7.24. The third-order valence-corrected chi connectivity index (χ3v) is 5.73. The molecular weight excluding hydrogens is 382 g/mol. The topological polar surface area (TPSA) is 65.7 Å². The van der Waals surface area contributed by atoms with Gasteiger partial charge in [0, 0.05) is 38.6 Å². The number of ether oxygens (including phenoxy) is 1. The summed E-state index contributed by atoms with van der Waals surface area (Å²) < 4.78 is 5.09. The summed E-state index contributed by atoms with van der Waals surface area (Å²) in [6, 6.07) is 8.69. The summed E-state index contributed by atoms with van der Waals surface area (Å²) in [5.74, 6) is 0.910. The molecule has 1 aromatic carbocycles. The zero-order chi connectivity index (χ0) is 20.8. The van der Waals surface area contributed by atoms with Crippen molar-refractivity contribution in [1.29, 1.82) is 5.26 Å². The van der Waals surface area contributed by atoms with Gasteiger partial charge in [0.1, 0.15) is 23.7 Å². The van der Waals surface area contributed by atoms with Crippen LogP contribution in [0.2, 0.25) is 0 Å². The van der Waals surface area contributed by atoms with E-state index in [1.54, 1.807) is 7.11 Å². The first-order chi connectivity index (χ1) is 14.0. The Morgan fingerprint density at radius 1 is 1.24 bits per heavy atom. The number of nitrogens with zero attached hydrogens (tertiary/aromatic N) is 3. The standard InChI is InChI=1S/C22H29N5OS/c1-16-12-17(2)20-18(13-16)14-19(15-23)21(25-20)26-7-5-8-27(10-9-26)22(29)24-6-4-11-28-3/h12-14H,4-11H2,1-3H3,(H,24,29)/p+1. The molecular formula is C22H30N5OS+. The van der Waals surface area contributed by atoms with E-state index in [1.807, 2.05) is 6.07 Å². The van der Waals surface area contributed by atoms with Gasteiger partial charge in [-0.3, -0.25) is 4.90 Å². The number of pyridine rings is 1. The van der Waals surface area contributed by atoms with Gasteiger partial charge in [-0.1, -0.05) is 6.07 Å². The van der Waals surface area contributed by atoms with Crippen molar-refractivity contribution in [2.45, 2.75) is 26.7 Å². The molecule has 0 bridgehead atoms. The first-order valence-electron chi connectivity index (χ1n) is 10.2. The van der Waals surface area contributed by atoms with Crippen molar-refractivity contribution in [3.05, 3.63) is 34.9 Å². The lowest BCUT2D eigenvalue weighted by atomic mass is 10.0. The molecule has 3 rings (SSSR count). The number of nitriles is 1. The molecule has 0 saturated carbocycles. The van der Waals surface area contributed by atoms with Crippen LogP contribution >= 0.6 is 12.2 Å². The first kappa shape index (κ1) is 21.3. The Morgan fingerprint density at radius 3 is 2.83 bits per heavy atom. The molecule has 0 atom stereocenters. The van der Waals surface area contributed by atoms with E-state index in [-0.39, 0.29) is 0 Å². The van der Waals surface area contributed by atoms with Crippen LogP contribution in [0.4, 0.5) is 5.82 Å². The summed E-state index contributed by atoms with van der Waals surface area (Å²) >= 11 is 5.58. The molecule has 1 aliphatic heterocycles. The predicted molar refractivity (Wildman–Crippen MR) is 120 cm³/mol. The monoisotopic (exact) mass is 412 g/mol. The molecule has 0 aliphatic carbocycles. The SMILES string of the molecule is COCCCNC(=S)N1CCCN(c2[nH+]c3c(C)cc(C)cc3cc2C#N)CC1. The van der Waals surface area contributed by atoms with Crippen molar-refractivity contribution < 1.29 is 9.72 Å². The maximum atomic E-state index is 9.75. The van der Waals surface area contributed by atoms with Crippen molar-refractivity contribution >= 4 is 34.1 Å². The summed E-state index contributed by atoms with van der Waals surface area (Å²) in [5.41, 5.74) is 4.19. The molecule has 1 aromatic heterocycles. The summed E-state index contributed by atoms with van der Waals surface area (Å²) in [6.07, 6.45) is 1.93. The number of anilines is 1. The van der Waals surface area contributed by atoms with E-state index in [4.69, 9.17) is 17.0 Å². The van der Waals surface area contributed by atoms with Crippen LogP contribution in [-0.2, 0) is 4.74 Å². The second kappa shape index (κ2) is 9.86. The number of nitrogens with one attached hydrogen (secondary N) is 2.